The summed E-state index contributed by atoms with van der Waals surface area (Å²) in [6.07, 6.45) is 1.97. The first-order chi connectivity index (χ1) is 7.70. The molecule has 0 spiro atoms. The van der Waals surface area contributed by atoms with Gasteiger partial charge >= 0.3 is 0 Å². The minimum Gasteiger partial charge on any atom is -0.374 e. The molecule has 3 atom stereocenters. The van der Waals surface area contributed by atoms with E-state index in [0.717, 1.165) is 18.2 Å². The Morgan fingerprint density at radius 3 is 2.94 bits per heavy atom. The van der Waals surface area contributed by atoms with E-state index in [4.69, 9.17) is 9.47 Å². The maximum absolute atomic E-state index is 12.1. The van der Waals surface area contributed by atoms with E-state index in [-0.39, 0.29) is 24.2 Å². The maximum atomic E-state index is 12.1. The van der Waals surface area contributed by atoms with Gasteiger partial charge in [-0.3, -0.25) is 4.79 Å². The monoisotopic (exact) mass is 291 g/mol. The van der Waals surface area contributed by atoms with Crippen molar-refractivity contribution in [1.82, 2.24) is 4.90 Å². The van der Waals surface area contributed by atoms with E-state index in [1.54, 1.807) is 0 Å². The van der Waals surface area contributed by atoms with Gasteiger partial charge in [-0.25, -0.2) is 0 Å². The van der Waals surface area contributed by atoms with Crippen LogP contribution < -0.4 is 0 Å². The number of alkyl halides is 1. The molecule has 0 aromatic heterocycles. The van der Waals surface area contributed by atoms with Gasteiger partial charge in [0.05, 0.1) is 18.8 Å². The first-order valence-corrected chi connectivity index (χ1v) is 6.94. The summed E-state index contributed by atoms with van der Waals surface area (Å²) in [4.78, 5) is 14.0. The summed E-state index contributed by atoms with van der Waals surface area (Å²) >= 11 is 3.39. The quantitative estimate of drug-likeness (QED) is 0.717. The third kappa shape index (κ3) is 2.76. The molecule has 0 aliphatic carbocycles. The van der Waals surface area contributed by atoms with Crippen molar-refractivity contribution in [3.05, 3.63) is 0 Å². The van der Waals surface area contributed by atoms with Crippen LogP contribution in [0.15, 0.2) is 0 Å². The molecule has 0 radical (unpaired) electrons. The Labute approximate surface area is 104 Å². The fourth-order valence-electron chi connectivity index (χ4n) is 2.20. The van der Waals surface area contributed by atoms with Crippen molar-refractivity contribution in [3.63, 3.8) is 0 Å². The number of halogens is 1. The highest BCUT2D eigenvalue weighted by atomic mass is 79.9. The topological polar surface area (TPSA) is 38.8 Å². The van der Waals surface area contributed by atoms with Gasteiger partial charge in [0.2, 0.25) is 0 Å². The van der Waals surface area contributed by atoms with E-state index in [1.807, 2.05) is 11.8 Å². The van der Waals surface area contributed by atoms with E-state index in [1.165, 1.54) is 0 Å². The predicted molar refractivity (Wildman–Crippen MR) is 63.7 cm³/mol. The summed E-state index contributed by atoms with van der Waals surface area (Å²) in [6.45, 7) is 4.02. The number of hydrogen-bond acceptors (Lipinski definition) is 3. The highest BCUT2D eigenvalue weighted by Crippen LogP contribution is 2.21. The average molecular weight is 292 g/mol. The summed E-state index contributed by atoms with van der Waals surface area (Å²) in [5.74, 6) is 0.138. The van der Waals surface area contributed by atoms with E-state index in [2.05, 4.69) is 15.9 Å². The van der Waals surface area contributed by atoms with Gasteiger partial charge in [-0.2, -0.15) is 0 Å². The van der Waals surface area contributed by atoms with Crippen LogP contribution in [0.2, 0.25) is 0 Å². The molecule has 2 aliphatic rings. The van der Waals surface area contributed by atoms with Crippen LogP contribution in [0.4, 0.5) is 0 Å². The van der Waals surface area contributed by atoms with Crippen molar-refractivity contribution in [3.8, 4) is 0 Å². The average Bonchev–Trinajstić information content (AvgIpc) is 2.75. The van der Waals surface area contributed by atoms with Crippen molar-refractivity contribution in [2.45, 2.75) is 38.1 Å². The van der Waals surface area contributed by atoms with Crippen molar-refractivity contribution < 1.29 is 14.3 Å². The van der Waals surface area contributed by atoms with Crippen LogP contribution in [0.5, 0.6) is 0 Å². The Hall–Kier alpha value is -0.130. The predicted octanol–water partition coefficient (Wildman–Crippen LogP) is 1.18. The molecule has 5 heteroatoms. The molecule has 0 bridgehead atoms. The Bertz CT molecular complexity index is 262. The molecular weight excluding hydrogens is 274 g/mol. The second-order valence-corrected chi connectivity index (χ2v) is 5.09. The molecular formula is C11H18BrNO3. The van der Waals surface area contributed by atoms with Crippen molar-refractivity contribution in [2.75, 3.05) is 25.0 Å². The number of amides is 1. The zero-order chi connectivity index (χ0) is 11.5. The van der Waals surface area contributed by atoms with Crippen LogP contribution >= 0.6 is 15.9 Å². The van der Waals surface area contributed by atoms with Crippen LogP contribution in [0.3, 0.4) is 0 Å². The van der Waals surface area contributed by atoms with E-state index in [0.29, 0.717) is 19.7 Å². The first-order valence-electron chi connectivity index (χ1n) is 5.82. The molecule has 3 unspecified atom stereocenters. The van der Waals surface area contributed by atoms with E-state index in [9.17, 15) is 4.79 Å². The van der Waals surface area contributed by atoms with Crippen LogP contribution in [0.1, 0.15) is 19.8 Å². The molecule has 2 heterocycles. The SMILES string of the molecule is CC1CCC(C(=O)N2CCOC(CBr)C2)O1. The largest absolute Gasteiger partial charge is 0.374 e. The number of nitrogens with zero attached hydrogens (tertiary/aromatic N) is 1. The lowest BCUT2D eigenvalue weighted by atomic mass is 10.1. The molecule has 92 valence electrons. The van der Waals surface area contributed by atoms with Crippen LogP contribution in [-0.2, 0) is 14.3 Å². The maximum Gasteiger partial charge on any atom is 0.251 e. The lowest BCUT2D eigenvalue weighted by Crippen LogP contribution is -2.49. The number of carbonyl (C=O) groups excluding carboxylic acids is 1. The Morgan fingerprint density at radius 2 is 2.31 bits per heavy atom. The Morgan fingerprint density at radius 1 is 1.50 bits per heavy atom. The molecule has 4 nitrogen and oxygen atoms in total. The molecule has 2 saturated heterocycles. The van der Waals surface area contributed by atoms with Gasteiger partial charge in [-0.1, -0.05) is 15.9 Å². The minimum absolute atomic E-state index is 0.122. The zero-order valence-electron chi connectivity index (χ0n) is 9.52. The summed E-state index contributed by atoms with van der Waals surface area (Å²) in [6, 6.07) is 0. The number of hydrogen-bond donors (Lipinski definition) is 0. The van der Waals surface area contributed by atoms with Crippen LogP contribution in [0, 0.1) is 0 Å². The molecule has 2 rings (SSSR count). The highest BCUT2D eigenvalue weighted by Gasteiger charge is 2.33. The van der Waals surface area contributed by atoms with Gasteiger partial charge in [0.25, 0.3) is 5.91 Å². The van der Waals surface area contributed by atoms with Gasteiger partial charge < -0.3 is 14.4 Å². The van der Waals surface area contributed by atoms with E-state index >= 15 is 0 Å². The third-order valence-electron chi connectivity index (χ3n) is 3.13. The fraction of sp³-hybridized carbons (Fsp3) is 0.909. The standard InChI is InChI=1S/C11H18BrNO3/c1-8-2-3-10(16-8)11(14)13-4-5-15-9(6-12)7-13/h8-10H,2-7H2,1H3. The molecule has 0 N–H and O–H groups in total. The van der Waals surface area contributed by atoms with Gasteiger partial charge in [0.15, 0.2) is 0 Å². The normalized spacial score (nSPS) is 35.4. The smallest absolute Gasteiger partial charge is 0.251 e. The molecule has 0 aromatic carbocycles. The zero-order valence-corrected chi connectivity index (χ0v) is 11.1. The number of morpholine rings is 1. The second-order valence-electron chi connectivity index (χ2n) is 4.44. The van der Waals surface area contributed by atoms with Gasteiger partial charge in [0.1, 0.15) is 6.10 Å². The molecule has 2 fully saturated rings. The molecule has 0 saturated carbocycles. The Kier molecular flexibility index (Phi) is 4.21. The fourth-order valence-corrected chi connectivity index (χ4v) is 2.59. The lowest BCUT2D eigenvalue weighted by Gasteiger charge is -2.33. The number of carbonyl (C=O) groups is 1. The summed E-state index contributed by atoms with van der Waals surface area (Å²) in [7, 11) is 0. The van der Waals surface area contributed by atoms with Crippen molar-refractivity contribution in [2.24, 2.45) is 0 Å². The summed E-state index contributed by atoms with van der Waals surface area (Å²) in [5, 5.41) is 0.776. The van der Waals surface area contributed by atoms with Gasteiger partial charge in [-0.05, 0) is 19.8 Å². The van der Waals surface area contributed by atoms with Crippen molar-refractivity contribution >= 4 is 21.8 Å². The first kappa shape index (κ1) is 12.3. The van der Waals surface area contributed by atoms with Crippen molar-refractivity contribution in [1.29, 1.82) is 0 Å². The molecule has 16 heavy (non-hydrogen) atoms. The minimum atomic E-state index is -0.218. The molecule has 0 aromatic rings. The molecule has 1 amide bonds. The number of rotatable bonds is 2. The van der Waals surface area contributed by atoms with Gasteiger partial charge in [0, 0.05) is 18.4 Å². The second kappa shape index (κ2) is 5.47. The Balaban J connectivity index is 1.89. The highest BCUT2D eigenvalue weighted by molar-refractivity contribution is 9.09. The number of ether oxygens (including phenoxy) is 2. The van der Waals surface area contributed by atoms with Gasteiger partial charge in [-0.15, -0.1) is 0 Å². The van der Waals surface area contributed by atoms with Crippen LogP contribution in [-0.4, -0.2) is 54.1 Å². The van der Waals surface area contributed by atoms with E-state index < -0.39 is 0 Å². The summed E-state index contributed by atoms with van der Waals surface area (Å²) < 4.78 is 11.1. The lowest BCUT2D eigenvalue weighted by molar-refractivity contribution is -0.149. The third-order valence-corrected chi connectivity index (χ3v) is 3.85. The van der Waals surface area contributed by atoms with Crippen LogP contribution in [0.25, 0.3) is 0 Å². The molecule has 2 aliphatic heterocycles. The summed E-state index contributed by atoms with van der Waals surface area (Å²) in [5.41, 5.74) is 0.